The Bertz CT molecular complexity index is 929. The minimum absolute atomic E-state index is 0.736. The van der Waals surface area contributed by atoms with Gasteiger partial charge in [-0.15, -0.1) is 11.3 Å². The summed E-state index contributed by atoms with van der Waals surface area (Å²) in [5.41, 5.74) is 2.88. The summed E-state index contributed by atoms with van der Waals surface area (Å²) in [6.07, 6.45) is 0. The maximum absolute atomic E-state index is 4.57. The summed E-state index contributed by atoms with van der Waals surface area (Å²) >= 11 is 1.83. The third-order valence-electron chi connectivity index (χ3n) is 3.48. The van der Waals surface area contributed by atoms with Crippen molar-refractivity contribution in [3.63, 3.8) is 0 Å². The third-order valence-corrected chi connectivity index (χ3v) is 4.63. The number of rotatable bonds is 2. The molecular formula is C19H18N2S. The number of hydrogen-bond acceptors (Lipinski definition) is 2. The maximum Gasteiger partial charge on any atom is 0.125 e. The van der Waals surface area contributed by atoms with Gasteiger partial charge in [-0.2, -0.15) is 0 Å². The summed E-state index contributed by atoms with van der Waals surface area (Å²) in [7, 11) is 0. The molecule has 3 heteroatoms. The maximum atomic E-state index is 4.57. The van der Waals surface area contributed by atoms with Crippen molar-refractivity contribution in [1.82, 2.24) is 0 Å². The van der Waals surface area contributed by atoms with Crippen molar-refractivity contribution in [1.29, 1.82) is 0 Å². The molecule has 0 unspecified atom stereocenters. The predicted octanol–water partition coefficient (Wildman–Crippen LogP) is 5.82. The Hall–Kier alpha value is -2.26. The molecule has 0 fully saturated rings. The summed E-state index contributed by atoms with van der Waals surface area (Å²) in [6.45, 7) is 9.58. The van der Waals surface area contributed by atoms with E-state index in [1.807, 2.05) is 32.1 Å². The lowest BCUT2D eigenvalue weighted by molar-refractivity contribution is 1.29. The van der Waals surface area contributed by atoms with Gasteiger partial charge in [0.25, 0.3) is 0 Å². The summed E-state index contributed by atoms with van der Waals surface area (Å²) in [5.74, 6) is 0.736. The molecule has 0 aliphatic carbocycles. The van der Waals surface area contributed by atoms with E-state index in [1.54, 1.807) is 0 Å². The molecule has 0 saturated carbocycles. The Kier molecular flexibility index (Phi) is 3.90. The standard InChI is InChI=1S/C19H18N2S/c1-12(2)20-14(4)21-13(3)15-9-10-19-17(11-15)16-7-5-6-8-18(16)22-19/h5-11H,1H2,2-4H3/b20-14-,21-13+. The number of benzene rings is 2. The Morgan fingerprint density at radius 1 is 0.909 bits per heavy atom. The molecule has 1 heterocycles. The van der Waals surface area contributed by atoms with Gasteiger partial charge in [-0.25, -0.2) is 9.98 Å². The van der Waals surface area contributed by atoms with E-state index < -0.39 is 0 Å². The molecular weight excluding hydrogens is 288 g/mol. The summed E-state index contributed by atoms with van der Waals surface area (Å²) < 4.78 is 2.63. The van der Waals surface area contributed by atoms with Crippen LogP contribution in [-0.4, -0.2) is 11.5 Å². The van der Waals surface area contributed by atoms with E-state index in [9.17, 15) is 0 Å². The van der Waals surface area contributed by atoms with Crippen LogP contribution in [0.5, 0.6) is 0 Å². The smallest absolute Gasteiger partial charge is 0.125 e. The number of aliphatic imine (C=N–C) groups is 2. The molecule has 3 aromatic rings. The van der Waals surface area contributed by atoms with Crippen LogP contribution in [0.15, 0.2) is 64.7 Å². The molecule has 0 N–H and O–H groups in total. The second kappa shape index (κ2) is 5.85. The number of hydrogen-bond donors (Lipinski definition) is 0. The molecule has 3 rings (SSSR count). The lowest BCUT2D eigenvalue weighted by Crippen LogP contribution is -1.98. The molecule has 0 atom stereocenters. The van der Waals surface area contributed by atoms with E-state index in [-0.39, 0.29) is 0 Å². The highest BCUT2D eigenvalue weighted by atomic mass is 32.1. The first kappa shape index (κ1) is 14.7. The van der Waals surface area contributed by atoms with E-state index in [4.69, 9.17) is 0 Å². The van der Waals surface area contributed by atoms with E-state index in [0.29, 0.717) is 0 Å². The van der Waals surface area contributed by atoms with Gasteiger partial charge in [0, 0.05) is 31.6 Å². The Balaban J connectivity index is 2.10. The Labute approximate surface area is 134 Å². The molecule has 0 aliphatic rings. The minimum Gasteiger partial charge on any atom is -0.239 e. The summed E-state index contributed by atoms with van der Waals surface area (Å²) in [4.78, 5) is 8.85. The van der Waals surface area contributed by atoms with E-state index in [2.05, 4.69) is 59.0 Å². The number of nitrogens with zero attached hydrogens (tertiary/aromatic N) is 2. The van der Waals surface area contributed by atoms with Crippen LogP contribution in [0.1, 0.15) is 26.3 Å². The average Bonchev–Trinajstić information content (AvgIpc) is 2.83. The van der Waals surface area contributed by atoms with Gasteiger partial charge < -0.3 is 0 Å². The molecule has 0 bridgehead atoms. The monoisotopic (exact) mass is 306 g/mol. The van der Waals surface area contributed by atoms with Crippen molar-refractivity contribution in [3.8, 4) is 0 Å². The quantitative estimate of drug-likeness (QED) is 0.421. The van der Waals surface area contributed by atoms with Crippen LogP contribution in [0.25, 0.3) is 20.2 Å². The second-order valence-electron chi connectivity index (χ2n) is 5.40. The first-order valence-corrected chi connectivity index (χ1v) is 8.04. The number of amidine groups is 1. The molecule has 1 aromatic heterocycles. The van der Waals surface area contributed by atoms with E-state index >= 15 is 0 Å². The van der Waals surface area contributed by atoms with Crippen LogP contribution in [0.3, 0.4) is 0 Å². The van der Waals surface area contributed by atoms with Crippen LogP contribution in [0.4, 0.5) is 0 Å². The van der Waals surface area contributed by atoms with Gasteiger partial charge in [0.05, 0.1) is 0 Å². The first-order chi connectivity index (χ1) is 10.5. The highest BCUT2D eigenvalue weighted by Gasteiger charge is 2.06. The number of fused-ring (bicyclic) bond motifs is 3. The summed E-state index contributed by atoms with van der Waals surface area (Å²) in [5, 5.41) is 2.60. The van der Waals surface area contributed by atoms with Crippen molar-refractivity contribution in [2.45, 2.75) is 20.8 Å². The molecule has 110 valence electrons. The molecule has 0 radical (unpaired) electrons. The summed E-state index contributed by atoms with van der Waals surface area (Å²) in [6, 6.07) is 15.1. The van der Waals surface area contributed by atoms with Crippen molar-refractivity contribution in [3.05, 3.63) is 60.3 Å². The van der Waals surface area contributed by atoms with Crippen LogP contribution in [0, 0.1) is 0 Å². The van der Waals surface area contributed by atoms with Crippen LogP contribution in [0.2, 0.25) is 0 Å². The Morgan fingerprint density at radius 2 is 1.64 bits per heavy atom. The molecule has 0 saturated heterocycles. The normalized spacial score (nSPS) is 13.0. The van der Waals surface area contributed by atoms with Gasteiger partial charge >= 0.3 is 0 Å². The lowest BCUT2D eigenvalue weighted by atomic mass is 10.1. The largest absolute Gasteiger partial charge is 0.239 e. The predicted molar refractivity (Wildman–Crippen MR) is 99.5 cm³/mol. The zero-order valence-electron chi connectivity index (χ0n) is 13.1. The fourth-order valence-corrected chi connectivity index (χ4v) is 3.65. The molecule has 2 aromatic carbocycles. The highest BCUT2D eigenvalue weighted by molar-refractivity contribution is 7.25. The van der Waals surface area contributed by atoms with Crippen LogP contribution < -0.4 is 0 Å². The zero-order chi connectivity index (χ0) is 15.7. The van der Waals surface area contributed by atoms with Gasteiger partial charge in [0.15, 0.2) is 0 Å². The van der Waals surface area contributed by atoms with E-state index in [1.165, 1.54) is 20.2 Å². The zero-order valence-corrected chi connectivity index (χ0v) is 13.9. The van der Waals surface area contributed by atoms with Crippen molar-refractivity contribution in [2.24, 2.45) is 9.98 Å². The van der Waals surface area contributed by atoms with Gasteiger partial charge in [0.2, 0.25) is 0 Å². The molecule has 0 amide bonds. The fraction of sp³-hybridized carbons (Fsp3) is 0.158. The Morgan fingerprint density at radius 3 is 2.41 bits per heavy atom. The van der Waals surface area contributed by atoms with Gasteiger partial charge in [-0.3, -0.25) is 0 Å². The lowest BCUT2D eigenvalue weighted by Gasteiger charge is -2.02. The fourth-order valence-electron chi connectivity index (χ4n) is 2.56. The SMILES string of the molecule is C=C(C)/N=C(C)\N=C(/C)c1ccc2sc3ccccc3c2c1. The highest BCUT2D eigenvalue weighted by Crippen LogP contribution is 2.34. The topological polar surface area (TPSA) is 24.7 Å². The third kappa shape index (κ3) is 2.85. The van der Waals surface area contributed by atoms with Crippen molar-refractivity contribution in [2.75, 3.05) is 0 Å². The van der Waals surface area contributed by atoms with Crippen molar-refractivity contribution >= 4 is 43.1 Å². The average molecular weight is 306 g/mol. The molecule has 0 aliphatic heterocycles. The number of thiophene rings is 1. The van der Waals surface area contributed by atoms with Crippen molar-refractivity contribution < 1.29 is 0 Å². The van der Waals surface area contributed by atoms with E-state index in [0.717, 1.165) is 22.8 Å². The molecule has 22 heavy (non-hydrogen) atoms. The van der Waals surface area contributed by atoms with Gasteiger partial charge in [-0.1, -0.05) is 30.8 Å². The van der Waals surface area contributed by atoms with Gasteiger partial charge in [0.1, 0.15) is 5.84 Å². The second-order valence-corrected chi connectivity index (χ2v) is 6.48. The number of allylic oxidation sites excluding steroid dienone is 1. The minimum atomic E-state index is 0.736. The first-order valence-electron chi connectivity index (χ1n) is 7.22. The molecule has 0 spiro atoms. The van der Waals surface area contributed by atoms with Crippen LogP contribution >= 0.6 is 11.3 Å². The van der Waals surface area contributed by atoms with Crippen LogP contribution in [-0.2, 0) is 0 Å². The molecule has 2 nitrogen and oxygen atoms in total. The van der Waals surface area contributed by atoms with Gasteiger partial charge in [-0.05, 0) is 44.5 Å².